The zero-order chi connectivity index (χ0) is 18.1. The van der Waals surface area contributed by atoms with Crippen molar-refractivity contribution < 1.29 is 4.79 Å². The molecule has 0 radical (unpaired) electrons. The SMILES string of the molecule is Cc1ccc2c(c1)nc(CN1CCN(C(=O)C3CCCCC3)CC1)n2C. The second-order valence-corrected chi connectivity index (χ2v) is 8.02. The Labute approximate surface area is 156 Å². The summed E-state index contributed by atoms with van der Waals surface area (Å²) in [5.74, 6) is 1.80. The minimum atomic E-state index is 0.290. The predicted octanol–water partition coefficient (Wildman–Crippen LogP) is 3.11. The Bertz CT molecular complexity index is 783. The van der Waals surface area contributed by atoms with Crippen LogP contribution in [-0.2, 0) is 18.4 Å². The molecule has 0 N–H and O–H groups in total. The number of aryl methyl sites for hydroxylation is 2. The highest BCUT2D eigenvalue weighted by molar-refractivity contribution is 5.79. The van der Waals surface area contributed by atoms with Gasteiger partial charge >= 0.3 is 0 Å². The van der Waals surface area contributed by atoms with E-state index in [1.165, 1.54) is 30.3 Å². The van der Waals surface area contributed by atoms with Crippen LogP contribution >= 0.6 is 0 Å². The van der Waals surface area contributed by atoms with Gasteiger partial charge < -0.3 is 9.47 Å². The van der Waals surface area contributed by atoms with E-state index in [1.807, 2.05) is 0 Å². The molecule has 5 heteroatoms. The quantitative estimate of drug-likeness (QED) is 0.850. The summed E-state index contributed by atoms with van der Waals surface area (Å²) in [5.41, 5.74) is 3.52. The third-order valence-corrected chi connectivity index (χ3v) is 6.13. The van der Waals surface area contributed by atoms with Crippen LogP contribution in [0.25, 0.3) is 11.0 Å². The van der Waals surface area contributed by atoms with Gasteiger partial charge in [-0.3, -0.25) is 9.69 Å². The summed E-state index contributed by atoms with van der Waals surface area (Å²) in [6, 6.07) is 6.45. The number of amides is 1. The maximum absolute atomic E-state index is 12.7. The number of carbonyl (C=O) groups excluding carboxylic acids is 1. The molecule has 26 heavy (non-hydrogen) atoms. The smallest absolute Gasteiger partial charge is 0.225 e. The molecule has 0 atom stereocenters. The van der Waals surface area contributed by atoms with Crippen LogP contribution in [0, 0.1) is 12.8 Å². The lowest BCUT2D eigenvalue weighted by molar-refractivity contribution is -0.138. The minimum absolute atomic E-state index is 0.290. The zero-order valence-corrected chi connectivity index (χ0v) is 16.1. The molecule has 0 unspecified atom stereocenters. The summed E-state index contributed by atoms with van der Waals surface area (Å²) in [6.07, 6.45) is 5.94. The number of piperazine rings is 1. The Balaban J connectivity index is 1.36. The Hall–Kier alpha value is -1.88. The number of carbonyl (C=O) groups is 1. The number of hydrogen-bond donors (Lipinski definition) is 0. The van der Waals surface area contributed by atoms with Crippen molar-refractivity contribution in [3.05, 3.63) is 29.6 Å². The molecule has 0 spiro atoms. The molecule has 2 aliphatic rings. The molecule has 0 bridgehead atoms. The van der Waals surface area contributed by atoms with Crippen LogP contribution in [-0.4, -0.2) is 51.4 Å². The molecule has 5 nitrogen and oxygen atoms in total. The summed E-state index contributed by atoms with van der Waals surface area (Å²) < 4.78 is 2.20. The minimum Gasteiger partial charge on any atom is -0.340 e. The second kappa shape index (κ2) is 7.39. The van der Waals surface area contributed by atoms with E-state index < -0.39 is 0 Å². The van der Waals surface area contributed by atoms with Crippen molar-refractivity contribution in [1.29, 1.82) is 0 Å². The second-order valence-electron chi connectivity index (χ2n) is 8.02. The first-order valence-corrected chi connectivity index (χ1v) is 10.0. The third kappa shape index (κ3) is 3.50. The lowest BCUT2D eigenvalue weighted by Crippen LogP contribution is -2.50. The van der Waals surface area contributed by atoms with Crippen LogP contribution in [0.2, 0.25) is 0 Å². The average molecular weight is 354 g/mol. The molecule has 1 aromatic heterocycles. The maximum Gasteiger partial charge on any atom is 0.225 e. The average Bonchev–Trinajstić information content (AvgIpc) is 2.97. The lowest BCUT2D eigenvalue weighted by atomic mass is 9.88. The maximum atomic E-state index is 12.7. The Kier molecular flexibility index (Phi) is 4.98. The summed E-state index contributed by atoms with van der Waals surface area (Å²) in [7, 11) is 2.10. The van der Waals surface area contributed by atoms with E-state index in [-0.39, 0.29) is 0 Å². The molecule has 1 saturated carbocycles. The van der Waals surface area contributed by atoms with Crippen LogP contribution in [0.15, 0.2) is 18.2 Å². The highest BCUT2D eigenvalue weighted by Gasteiger charge is 2.28. The summed E-state index contributed by atoms with van der Waals surface area (Å²) >= 11 is 0. The van der Waals surface area contributed by atoms with E-state index in [0.717, 1.165) is 56.9 Å². The van der Waals surface area contributed by atoms with Crippen molar-refractivity contribution in [1.82, 2.24) is 19.4 Å². The normalized spacial score (nSPS) is 20.0. The predicted molar refractivity (Wildman–Crippen MR) is 104 cm³/mol. The van der Waals surface area contributed by atoms with Gasteiger partial charge in [0, 0.05) is 39.1 Å². The number of nitrogens with zero attached hydrogens (tertiary/aromatic N) is 4. The number of fused-ring (bicyclic) bond motifs is 1. The topological polar surface area (TPSA) is 41.4 Å². The van der Waals surface area contributed by atoms with Gasteiger partial charge in [-0.05, 0) is 37.5 Å². The molecule has 2 fully saturated rings. The first-order chi connectivity index (χ1) is 12.6. The van der Waals surface area contributed by atoms with Crippen LogP contribution in [0.5, 0.6) is 0 Å². The van der Waals surface area contributed by atoms with Gasteiger partial charge in [0.2, 0.25) is 5.91 Å². The summed E-state index contributed by atoms with van der Waals surface area (Å²) in [4.78, 5) is 22.1. The highest BCUT2D eigenvalue weighted by Crippen LogP contribution is 2.26. The van der Waals surface area contributed by atoms with E-state index in [1.54, 1.807) is 0 Å². The molecule has 1 aliphatic heterocycles. The van der Waals surface area contributed by atoms with Gasteiger partial charge in [-0.25, -0.2) is 4.98 Å². The molecule has 1 saturated heterocycles. The zero-order valence-electron chi connectivity index (χ0n) is 16.1. The number of aromatic nitrogens is 2. The van der Waals surface area contributed by atoms with Gasteiger partial charge in [-0.15, -0.1) is 0 Å². The number of benzene rings is 1. The van der Waals surface area contributed by atoms with Crippen molar-refractivity contribution in [3.8, 4) is 0 Å². The molecular formula is C21H30N4O. The molecule has 4 rings (SSSR count). The molecular weight excluding hydrogens is 324 g/mol. The van der Waals surface area contributed by atoms with Crippen LogP contribution < -0.4 is 0 Å². The molecule has 2 heterocycles. The van der Waals surface area contributed by atoms with Gasteiger partial charge in [0.05, 0.1) is 17.6 Å². The molecule has 1 amide bonds. The van der Waals surface area contributed by atoms with Crippen LogP contribution in [0.4, 0.5) is 0 Å². The van der Waals surface area contributed by atoms with Crippen molar-refractivity contribution in [3.63, 3.8) is 0 Å². The lowest BCUT2D eigenvalue weighted by Gasteiger charge is -2.37. The van der Waals surface area contributed by atoms with Crippen molar-refractivity contribution in [2.45, 2.75) is 45.6 Å². The van der Waals surface area contributed by atoms with Crippen LogP contribution in [0.1, 0.15) is 43.5 Å². The number of hydrogen-bond acceptors (Lipinski definition) is 3. The van der Waals surface area contributed by atoms with Crippen molar-refractivity contribution in [2.75, 3.05) is 26.2 Å². The van der Waals surface area contributed by atoms with Crippen molar-refractivity contribution in [2.24, 2.45) is 13.0 Å². The van der Waals surface area contributed by atoms with Gasteiger partial charge in [0.1, 0.15) is 5.82 Å². The molecule has 140 valence electrons. The van der Waals surface area contributed by atoms with E-state index in [4.69, 9.17) is 4.98 Å². The summed E-state index contributed by atoms with van der Waals surface area (Å²) in [5, 5.41) is 0. The highest BCUT2D eigenvalue weighted by atomic mass is 16.2. The van der Waals surface area contributed by atoms with E-state index in [2.05, 4.69) is 46.5 Å². The first-order valence-electron chi connectivity index (χ1n) is 10.0. The van der Waals surface area contributed by atoms with Gasteiger partial charge in [0.15, 0.2) is 0 Å². The molecule has 2 aromatic rings. The Morgan fingerprint density at radius 3 is 2.58 bits per heavy atom. The molecule has 1 aromatic carbocycles. The van der Waals surface area contributed by atoms with Gasteiger partial charge in [-0.2, -0.15) is 0 Å². The standard InChI is InChI=1S/C21H30N4O/c1-16-8-9-19-18(14-16)22-20(23(19)2)15-24-10-12-25(13-11-24)21(26)17-6-4-3-5-7-17/h8-9,14,17H,3-7,10-13,15H2,1-2H3. The fraction of sp³-hybridized carbons (Fsp3) is 0.619. The number of imidazole rings is 1. The van der Waals surface area contributed by atoms with Gasteiger partial charge in [-0.1, -0.05) is 25.3 Å². The Morgan fingerprint density at radius 1 is 1.12 bits per heavy atom. The monoisotopic (exact) mass is 354 g/mol. The van der Waals surface area contributed by atoms with E-state index in [0.29, 0.717) is 11.8 Å². The Morgan fingerprint density at radius 2 is 1.85 bits per heavy atom. The fourth-order valence-corrected chi connectivity index (χ4v) is 4.44. The third-order valence-electron chi connectivity index (χ3n) is 6.13. The van der Waals surface area contributed by atoms with Gasteiger partial charge in [0.25, 0.3) is 0 Å². The number of rotatable bonds is 3. The first kappa shape index (κ1) is 17.5. The van der Waals surface area contributed by atoms with E-state index in [9.17, 15) is 4.79 Å². The largest absolute Gasteiger partial charge is 0.340 e. The van der Waals surface area contributed by atoms with Crippen molar-refractivity contribution >= 4 is 16.9 Å². The summed E-state index contributed by atoms with van der Waals surface area (Å²) in [6.45, 7) is 6.57. The van der Waals surface area contributed by atoms with E-state index >= 15 is 0 Å². The van der Waals surface area contributed by atoms with Crippen LogP contribution in [0.3, 0.4) is 0 Å². The fourth-order valence-electron chi connectivity index (χ4n) is 4.44. The molecule has 1 aliphatic carbocycles.